The van der Waals surface area contributed by atoms with E-state index in [0.29, 0.717) is 18.9 Å². The zero-order chi connectivity index (χ0) is 16.9. The van der Waals surface area contributed by atoms with Gasteiger partial charge in [-0.2, -0.15) is 0 Å². The average Bonchev–Trinajstić information content (AvgIpc) is 2.64. The molecule has 130 valence electrons. The summed E-state index contributed by atoms with van der Waals surface area (Å²) in [5.74, 6) is 0.759. The first-order valence-corrected chi connectivity index (χ1v) is 8.89. The van der Waals surface area contributed by atoms with Crippen LogP contribution in [0.15, 0.2) is 18.3 Å². The SMILES string of the molecule is Cc1ccc(NC(=O)C2CCN(C(=O)[C@H]3CCCCN3)CC2)nc1. The van der Waals surface area contributed by atoms with Crippen molar-refractivity contribution in [3.05, 3.63) is 23.9 Å². The molecular formula is C18H26N4O2. The molecule has 2 amide bonds. The summed E-state index contributed by atoms with van der Waals surface area (Å²) >= 11 is 0. The summed E-state index contributed by atoms with van der Waals surface area (Å²) in [6.45, 7) is 4.22. The van der Waals surface area contributed by atoms with Crippen molar-refractivity contribution in [3.63, 3.8) is 0 Å². The van der Waals surface area contributed by atoms with Gasteiger partial charge in [0, 0.05) is 25.2 Å². The Morgan fingerprint density at radius 2 is 2.00 bits per heavy atom. The molecule has 6 nitrogen and oxygen atoms in total. The lowest BCUT2D eigenvalue weighted by Crippen LogP contribution is -2.51. The number of carbonyl (C=O) groups excluding carboxylic acids is 2. The van der Waals surface area contributed by atoms with Crippen LogP contribution in [0, 0.1) is 12.8 Å². The fraction of sp³-hybridized carbons (Fsp3) is 0.611. The fourth-order valence-electron chi connectivity index (χ4n) is 3.42. The quantitative estimate of drug-likeness (QED) is 0.885. The third-order valence-corrected chi connectivity index (χ3v) is 4.95. The van der Waals surface area contributed by atoms with E-state index in [1.54, 1.807) is 6.20 Å². The molecule has 0 aromatic carbocycles. The van der Waals surface area contributed by atoms with E-state index < -0.39 is 0 Å². The summed E-state index contributed by atoms with van der Waals surface area (Å²) in [4.78, 5) is 31.0. The Morgan fingerprint density at radius 1 is 1.21 bits per heavy atom. The molecule has 0 spiro atoms. The normalized spacial score (nSPS) is 22.2. The highest BCUT2D eigenvalue weighted by atomic mass is 16.2. The maximum atomic E-state index is 12.5. The first kappa shape index (κ1) is 16.9. The molecule has 6 heteroatoms. The van der Waals surface area contributed by atoms with Gasteiger partial charge in [-0.15, -0.1) is 0 Å². The second-order valence-corrected chi connectivity index (χ2v) is 6.81. The zero-order valence-electron chi connectivity index (χ0n) is 14.3. The van der Waals surface area contributed by atoms with Crippen LogP contribution in [0.5, 0.6) is 0 Å². The highest BCUT2D eigenvalue weighted by molar-refractivity contribution is 5.92. The Morgan fingerprint density at radius 3 is 2.62 bits per heavy atom. The molecular weight excluding hydrogens is 304 g/mol. The molecule has 2 saturated heterocycles. The number of likely N-dealkylation sites (tertiary alicyclic amines) is 1. The predicted molar refractivity (Wildman–Crippen MR) is 92.5 cm³/mol. The maximum absolute atomic E-state index is 12.5. The number of hydrogen-bond donors (Lipinski definition) is 2. The van der Waals surface area contributed by atoms with Crippen molar-refractivity contribution < 1.29 is 9.59 Å². The zero-order valence-corrected chi connectivity index (χ0v) is 14.3. The molecule has 0 aliphatic carbocycles. The van der Waals surface area contributed by atoms with Crippen molar-refractivity contribution in [2.75, 3.05) is 25.0 Å². The van der Waals surface area contributed by atoms with Crippen LogP contribution in [0.1, 0.15) is 37.7 Å². The first-order chi connectivity index (χ1) is 11.6. The molecule has 3 rings (SSSR count). The van der Waals surface area contributed by atoms with Gasteiger partial charge in [0.15, 0.2) is 0 Å². The van der Waals surface area contributed by atoms with Crippen LogP contribution in [0.4, 0.5) is 5.82 Å². The third-order valence-electron chi connectivity index (χ3n) is 4.95. The van der Waals surface area contributed by atoms with E-state index in [1.165, 1.54) is 0 Å². The molecule has 24 heavy (non-hydrogen) atoms. The van der Waals surface area contributed by atoms with Crippen LogP contribution in [0.3, 0.4) is 0 Å². The van der Waals surface area contributed by atoms with Gasteiger partial charge >= 0.3 is 0 Å². The van der Waals surface area contributed by atoms with E-state index in [-0.39, 0.29) is 23.8 Å². The van der Waals surface area contributed by atoms with Gasteiger partial charge in [-0.1, -0.05) is 12.5 Å². The summed E-state index contributed by atoms with van der Waals surface area (Å²) in [6.07, 6.45) is 6.38. The van der Waals surface area contributed by atoms with Gasteiger partial charge in [0.05, 0.1) is 6.04 Å². The smallest absolute Gasteiger partial charge is 0.239 e. The maximum Gasteiger partial charge on any atom is 0.239 e. The minimum absolute atomic E-state index is 0.00856. The number of carbonyl (C=O) groups is 2. The van der Waals surface area contributed by atoms with E-state index in [2.05, 4.69) is 15.6 Å². The lowest BCUT2D eigenvalue weighted by molar-refractivity contribution is -0.137. The number of pyridine rings is 1. The number of aryl methyl sites for hydroxylation is 1. The Hall–Kier alpha value is -1.95. The van der Waals surface area contributed by atoms with Crippen LogP contribution < -0.4 is 10.6 Å². The highest BCUT2D eigenvalue weighted by Gasteiger charge is 2.31. The van der Waals surface area contributed by atoms with Crippen LogP contribution >= 0.6 is 0 Å². The number of rotatable bonds is 3. The molecule has 2 aliphatic rings. The Bertz CT molecular complexity index is 573. The summed E-state index contributed by atoms with van der Waals surface area (Å²) < 4.78 is 0. The minimum Gasteiger partial charge on any atom is -0.341 e. The summed E-state index contributed by atoms with van der Waals surface area (Å²) in [5, 5.41) is 6.19. The molecule has 0 saturated carbocycles. The summed E-state index contributed by atoms with van der Waals surface area (Å²) in [6, 6.07) is 3.72. The van der Waals surface area contributed by atoms with E-state index in [4.69, 9.17) is 0 Å². The molecule has 1 aromatic heterocycles. The Balaban J connectivity index is 1.48. The van der Waals surface area contributed by atoms with Gasteiger partial charge in [-0.3, -0.25) is 9.59 Å². The molecule has 2 fully saturated rings. The molecule has 0 unspecified atom stereocenters. The largest absolute Gasteiger partial charge is 0.341 e. The number of hydrogen-bond acceptors (Lipinski definition) is 4. The highest BCUT2D eigenvalue weighted by Crippen LogP contribution is 2.21. The van der Waals surface area contributed by atoms with Crippen molar-refractivity contribution >= 4 is 17.6 Å². The summed E-state index contributed by atoms with van der Waals surface area (Å²) in [5.41, 5.74) is 1.07. The Kier molecular flexibility index (Phi) is 5.45. The van der Waals surface area contributed by atoms with Gasteiger partial charge in [-0.25, -0.2) is 4.98 Å². The molecule has 0 bridgehead atoms. The number of nitrogens with one attached hydrogen (secondary N) is 2. The number of piperidine rings is 2. The fourth-order valence-corrected chi connectivity index (χ4v) is 3.42. The van der Waals surface area contributed by atoms with Crippen molar-refractivity contribution in [1.29, 1.82) is 0 Å². The lowest BCUT2D eigenvalue weighted by Gasteiger charge is -2.35. The second-order valence-electron chi connectivity index (χ2n) is 6.81. The van der Waals surface area contributed by atoms with Crippen LogP contribution in [-0.4, -0.2) is 47.4 Å². The van der Waals surface area contributed by atoms with Gasteiger partial charge in [0.25, 0.3) is 0 Å². The number of anilines is 1. The molecule has 1 aromatic rings. The monoisotopic (exact) mass is 330 g/mol. The first-order valence-electron chi connectivity index (χ1n) is 8.89. The second kappa shape index (κ2) is 7.75. The van der Waals surface area contributed by atoms with Crippen LogP contribution in [-0.2, 0) is 9.59 Å². The topological polar surface area (TPSA) is 74.3 Å². The van der Waals surface area contributed by atoms with Gasteiger partial charge < -0.3 is 15.5 Å². The van der Waals surface area contributed by atoms with Crippen molar-refractivity contribution in [2.24, 2.45) is 5.92 Å². The molecule has 1 atom stereocenters. The van der Waals surface area contributed by atoms with Gasteiger partial charge in [0.1, 0.15) is 5.82 Å². The van der Waals surface area contributed by atoms with Crippen molar-refractivity contribution in [1.82, 2.24) is 15.2 Å². The predicted octanol–water partition coefficient (Wildman–Crippen LogP) is 1.71. The van der Waals surface area contributed by atoms with Gasteiger partial charge in [0.2, 0.25) is 11.8 Å². The summed E-state index contributed by atoms with van der Waals surface area (Å²) in [7, 11) is 0. The third kappa shape index (κ3) is 4.12. The molecule has 0 radical (unpaired) electrons. The average molecular weight is 330 g/mol. The van der Waals surface area contributed by atoms with E-state index in [0.717, 1.165) is 44.2 Å². The molecule has 2 N–H and O–H groups in total. The number of aromatic nitrogens is 1. The van der Waals surface area contributed by atoms with E-state index in [1.807, 2.05) is 24.0 Å². The van der Waals surface area contributed by atoms with E-state index in [9.17, 15) is 9.59 Å². The van der Waals surface area contributed by atoms with Crippen LogP contribution in [0.25, 0.3) is 0 Å². The molecule has 3 heterocycles. The minimum atomic E-state index is -0.0449. The lowest BCUT2D eigenvalue weighted by atomic mass is 9.94. The Labute approximate surface area is 143 Å². The van der Waals surface area contributed by atoms with Crippen molar-refractivity contribution in [2.45, 2.75) is 45.1 Å². The van der Waals surface area contributed by atoms with E-state index >= 15 is 0 Å². The molecule has 2 aliphatic heterocycles. The number of nitrogens with zero attached hydrogens (tertiary/aromatic N) is 2. The van der Waals surface area contributed by atoms with Crippen molar-refractivity contribution in [3.8, 4) is 0 Å². The van der Waals surface area contributed by atoms with Crippen LogP contribution in [0.2, 0.25) is 0 Å². The number of amides is 2. The van der Waals surface area contributed by atoms with Gasteiger partial charge in [-0.05, 0) is 50.8 Å². The standard InChI is InChI=1S/C18H26N4O2/c1-13-5-6-16(20-12-13)21-17(23)14-7-10-22(11-8-14)18(24)15-4-2-3-9-19-15/h5-6,12,14-15,19H,2-4,7-11H2,1H3,(H,20,21,23)/t15-/m1/s1.